The number of aryl methyl sites for hydroxylation is 1. The Morgan fingerprint density at radius 1 is 1.10 bits per heavy atom. The molecule has 1 amide bonds. The maximum Gasteiger partial charge on any atom is 0.260 e. The fraction of sp³-hybridized carbons (Fsp3) is 0.440. The lowest BCUT2D eigenvalue weighted by Crippen LogP contribution is -2.47. The summed E-state index contributed by atoms with van der Waals surface area (Å²) >= 11 is 0. The Kier molecular flexibility index (Phi) is 7.33. The summed E-state index contributed by atoms with van der Waals surface area (Å²) < 4.78 is 5.85. The third kappa shape index (κ3) is 5.44. The number of piperidine rings is 1. The Hall–Kier alpha value is -2.86. The number of nitrogens with zero attached hydrogens (tertiary/aromatic N) is 2. The Labute approximate surface area is 185 Å². The lowest BCUT2D eigenvalue weighted by atomic mass is 10.0. The first-order valence-electron chi connectivity index (χ1n) is 10.8. The number of anilines is 1. The number of nitrogens with two attached hydrogens (primary N) is 1. The third-order valence-electron chi connectivity index (χ3n) is 6.42. The number of hydrogen-bond acceptors (Lipinski definition) is 5. The second-order valence-corrected chi connectivity index (χ2v) is 8.45. The van der Waals surface area contributed by atoms with Crippen LogP contribution in [0, 0.1) is 20.8 Å². The van der Waals surface area contributed by atoms with Gasteiger partial charge in [-0.3, -0.25) is 14.5 Å². The highest BCUT2D eigenvalue weighted by atomic mass is 16.5. The highest BCUT2D eigenvalue weighted by molar-refractivity contribution is 5.97. The van der Waals surface area contributed by atoms with Gasteiger partial charge in [0, 0.05) is 37.4 Å². The number of ketones is 1. The smallest absolute Gasteiger partial charge is 0.260 e. The maximum atomic E-state index is 12.7. The summed E-state index contributed by atoms with van der Waals surface area (Å²) in [6, 6.07) is 11.5. The first-order chi connectivity index (χ1) is 14.8. The molecule has 0 bridgehead atoms. The molecule has 1 saturated heterocycles. The lowest BCUT2D eigenvalue weighted by Gasteiger charge is -2.36. The van der Waals surface area contributed by atoms with Crippen molar-refractivity contribution >= 4 is 17.4 Å². The molecule has 1 aliphatic rings. The summed E-state index contributed by atoms with van der Waals surface area (Å²) in [5, 5.41) is 0. The van der Waals surface area contributed by atoms with Crippen molar-refractivity contribution in [1.29, 1.82) is 0 Å². The van der Waals surface area contributed by atoms with E-state index < -0.39 is 0 Å². The molecule has 0 spiro atoms. The Morgan fingerprint density at radius 3 is 2.39 bits per heavy atom. The number of likely N-dealkylation sites (tertiary alicyclic amines) is 1. The van der Waals surface area contributed by atoms with Crippen molar-refractivity contribution in [1.82, 2.24) is 9.80 Å². The normalized spacial score (nSPS) is 15.0. The molecule has 3 rings (SSSR count). The topological polar surface area (TPSA) is 75.9 Å². The maximum absolute atomic E-state index is 12.7. The number of likely N-dealkylation sites (N-methyl/N-ethyl adjacent to an activating group) is 1. The van der Waals surface area contributed by atoms with E-state index in [0.29, 0.717) is 12.3 Å². The number of benzene rings is 2. The van der Waals surface area contributed by atoms with Gasteiger partial charge in [-0.15, -0.1) is 0 Å². The van der Waals surface area contributed by atoms with Crippen LogP contribution in [0.15, 0.2) is 36.4 Å². The molecular weight excluding hydrogens is 390 g/mol. The van der Waals surface area contributed by atoms with E-state index in [-0.39, 0.29) is 24.3 Å². The van der Waals surface area contributed by atoms with E-state index in [1.54, 1.807) is 4.90 Å². The molecule has 2 aromatic rings. The van der Waals surface area contributed by atoms with E-state index >= 15 is 0 Å². The van der Waals surface area contributed by atoms with Gasteiger partial charge in [0.1, 0.15) is 5.75 Å². The van der Waals surface area contributed by atoms with Gasteiger partial charge in [-0.25, -0.2) is 0 Å². The van der Waals surface area contributed by atoms with Crippen LogP contribution < -0.4 is 10.5 Å². The minimum atomic E-state index is -0.0367. The van der Waals surface area contributed by atoms with Crippen molar-refractivity contribution in [2.75, 3.05) is 39.0 Å². The molecule has 0 unspecified atom stereocenters. The summed E-state index contributed by atoms with van der Waals surface area (Å²) in [5.74, 6) is 0.812. The third-order valence-corrected chi connectivity index (χ3v) is 6.42. The Bertz CT molecular complexity index is 935. The number of rotatable bonds is 7. The Balaban J connectivity index is 1.49. The average molecular weight is 424 g/mol. The highest BCUT2D eigenvalue weighted by Gasteiger charge is 2.26. The molecule has 0 radical (unpaired) electrons. The van der Waals surface area contributed by atoms with Gasteiger partial charge in [-0.05, 0) is 56.4 Å². The van der Waals surface area contributed by atoms with Gasteiger partial charge in [0.15, 0.2) is 12.4 Å². The van der Waals surface area contributed by atoms with Gasteiger partial charge < -0.3 is 15.4 Å². The fourth-order valence-corrected chi connectivity index (χ4v) is 4.04. The van der Waals surface area contributed by atoms with Crippen molar-refractivity contribution in [3.63, 3.8) is 0 Å². The molecule has 1 heterocycles. The van der Waals surface area contributed by atoms with Gasteiger partial charge in [0.05, 0.1) is 6.54 Å². The van der Waals surface area contributed by atoms with E-state index in [2.05, 4.69) is 4.90 Å². The zero-order valence-corrected chi connectivity index (χ0v) is 19.0. The molecule has 0 atom stereocenters. The first-order valence-corrected chi connectivity index (χ1v) is 10.8. The average Bonchev–Trinajstić information content (AvgIpc) is 2.79. The van der Waals surface area contributed by atoms with Crippen molar-refractivity contribution in [3.05, 3.63) is 58.7 Å². The molecule has 166 valence electrons. The lowest BCUT2D eigenvalue weighted by molar-refractivity contribution is -0.135. The van der Waals surface area contributed by atoms with E-state index in [1.165, 1.54) is 0 Å². The predicted octanol–water partition coefficient (Wildman–Crippen LogP) is 3.38. The van der Waals surface area contributed by atoms with Crippen LogP contribution in [0.25, 0.3) is 0 Å². The van der Waals surface area contributed by atoms with Crippen LogP contribution in [-0.4, -0.2) is 60.8 Å². The second-order valence-electron chi connectivity index (χ2n) is 8.45. The first kappa shape index (κ1) is 22.8. The van der Waals surface area contributed by atoms with Crippen molar-refractivity contribution in [2.45, 2.75) is 39.7 Å². The summed E-state index contributed by atoms with van der Waals surface area (Å²) in [7, 11) is 1.84. The molecule has 1 fully saturated rings. The van der Waals surface area contributed by atoms with Gasteiger partial charge in [0.2, 0.25) is 0 Å². The molecule has 2 aromatic carbocycles. The molecule has 2 N–H and O–H groups in total. The SMILES string of the molecule is Cc1cc(OCC(=O)N(C)C2CCN(CC(=O)c3ccccc3)CC2)c(C)c(C)c1N. The molecule has 6 heteroatoms. The van der Waals surface area contributed by atoms with E-state index in [9.17, 15) is 9.59 Å². The van der Waals surface area contributed by atoms with Gasteiger partial charge in [-0.1, -0.05) is 30.3 Å². The van der Waals surface area contributed by atoms with Crippen LogP contribution >= 0.6 is 0 Å². The second kappa shape index (κ2) is 9.96. The summed E-state index contributed by atoms with van der Waals surface area (Å²) in [6.07, 6.45) is 1.70. The van der Waals surface area contributed by atoms with E-state index in [0.717, 1.165) is 53.9 Å². The molecule has 31 heavy (non-hydrogen) atoms. The van der Waals surface area contributed by atoms with Gasteiger partial charge >= 0.3 is 0 Å². The molecular formula is C25H33N3O3. The number of carbonyl (C=O) groups excluding carboxylic acids is 2. The number of hydrogen-bond donors (Lipinski definition) is 1. The fourth-order valence-electron chi connectivity index (χ4n) is 4.04. The van der Waals surface area contributed by atoms with Crippen LogP contribution in [-0.2, 0) is 4.79 Å². The van der Waals surface area contributed by atoms with E-state index in [1.807, 2.05) is 64.2 Å². The summed E-state index contributed by atoms with van der Waals surface area (Å²) in [5.41, 5.74) is 10.5. The summed E-state index contributed by atoms with van der Waals surface area (Å²) in [4.78, 5) is 29.1. The summed E-state index contributed by atoms with van der Waals surface area (Å²) in [6.45, 7) is 7.91. The van der Waals surface area contributed by atoms with Crippen LogP contribution in [0.5, 0.6) is 5.75 Å². The zero-order valence-electron chi connectivity index (χ0n) is 19.0. The van der Waals surface area contributed by atoms with E-state index in [4.69, 9.17) is 10.5 Å². The predicted molar refractivity (Wildman–Crippen MR) is 124 cm³/mol. The minimum Gasteiger partial charge on any atom is -0.483 e. The van der Waals surface area contributed by atoms with Crippen molar-refractivity contribution in [2.24, 2.45) is 0 Å². The number of carbonyl (C=O) groups is 2. The quantitative estimate of drug-likeness (QED) is 0.546. The number of nitrogen functional groups attached to an aromatic ring is 1. The highest BCUT2D eigenvalue weighted by Crippen LogP contribution is 2.29. The van der Waals surface area contributed by atoms with Crippen LogP contribution in [0.2, 0.25) is 0 Å². The van der Waals surface area contributed by atoms with Crippen LogP contribution in [0.1, 0.15) is 39.9 Å². The monoisotopic (exact) mass is 423 g/mol. The standard InChI is InChI=1S/C25H33N3O3/c1-17-14-23(18(2)19(3)25(17)26)31-16-24(30)27(4)21-10-12-28(13-11-21)15-22(29)20-8-6-5-7-9-20/h5-9,14,21H,10-13,15-16,26H2,1-4H3. The largest absolute Gasteiger partial charge is 0.483 e. The number of ether oxygens (including phenoxy) is 1. The molecule has 6 nitrogen and oxygen atoms in total. The van der Waals surface area contributed by atoms with Crippen molar-refractivity contribution in [3.8, 4) is 5.75 Å². The Morgan fingerprint density at radius 2 is 1.74 bits per heavy atom. The van der Waals surface area contributed by atoms with Gasteiger partial charge in [0.25, 0.3) is 5.91 Å². The zero-order chi connectivity index (χ0) is 22.5. The van der Waals surface area contributed by atoms with Gasteiger partial charge in [-0.2, -0.15) is 0 Å². The van der Waals surface area contributed by atoms with Crippen LogP contribution in [0.4, 0.5) is 5.69 Å². The molecule has 1 aliphatic heterocycles. The number of amides is 1. The minimum absolute atomic E-state index is 0.00679. The molecule has 0 aromatic heterocycles. The number of Topliss-reactive ketones (excluding diaryl/α,β-unsaturated/α-hetero) is 1. The molecule has 0 aliphatic carbocycles. The van der Waals surface area contributed by atoms with Crippen molar-refractivity contribution < 1.29 is 14.3 Å². The molecule has 0 saturated carbocycles. The van der Waals surface area contributed by atoms with Crippen LogP contribution in [0.3, 0.4) is 0 Å².